The van der Waals surface area contributed by atoms with E-state index < -0.39 is 15.9 Å². The molecule has 1 atom stereocenters. The molecule has 1 aromatic rings. The molecule has 6 heteroatoms. The van der Waals surface area contributed by atoms with Gasteiger partial charge in [0.2, 0.25) is 3.79 Å². The van der Waals surface area contributed by atoms with Crippen LogP contribution in [0, 0.1) is 0 Å². The summed E-state index contributed by atoms with van der Waals surface area (Å²) in [4.78, 5) is 10.4. The van der Waals surface area contributed by atoms with Crippen molar-refractivity contribution in [2.24, 2.45) is 0 Å². The van der Waals surface area contributed by atoms with E-state index in [1.807, 2.05) is 0 Å². The van der Waals surface area contributed by atoms with E-state index in [1.54, 1.807) is 0 Å². The number of halogens is 3. The Morgan fingerprint density at radius 1 is 1.25 bits per heavy atom. The first-order chi connectivity index (χ1) is 7.30. The van der Waals surface area contributed by atoms with Gasteiger partial charge in [0.1, 0.15) is 0 Å². The van der Waals surface area contributed by atoms with Crippen LogP contribution in [0.25, 0.3) is 0 Å². The van der Waals surface area contributed by atoms with Gasteiger partial charge in [0.05, 0.1) is 12.5 Å². The number of hydrogen-bond acceptors (Lipinski definition) is 2. The summed E-state index contributed by atoms with van der Waals surface area (Å²) >= 11 is 16.9. The van der Waals surface area contributed by atoms with Gasteiger partial charge in [0, 0.05) is 5.56 Å². The van der Waals surface area contributed by atoms with Crippen molar-refractivity contribution >= 4 is 40.8 Å². The van der Waals surface area contributed by atoms with Crippen LogP contribution in [-0.4, -0.2) is 16.2 Å². The number of carboxylic acid groups (broad SMARTS) is 1. The van der Waals surface area contributed by atoms with Crippen LogP contribution in [0.4, 0.5) is 0 Å². The molecular formula is C10H9Cl3O3. The molecule has 0 saturated carbocycles. The minimum Gasteiger partial charge on any atom is -0.481 e. The molecule has 0 spiro atoms. The lowest BCUT2D eigenvalue weighted by atomic mass is 10.1. The Balaban J connectivity index is 2.83. The summed E-state index contributed by atoms with van der Waals surface area (Å²) in [6.07, 6.45) is -1.41. The van der Waals surface area contributed by atoms with Crippen molar-refractivity contribution in [3.8, 4) is 0 Å². The van der Waals surface area contributed by atoms with Crippen LogP contribution in [0.2, 0.25) is 0 Å². The summed E-state index contributed by atoms with van der Waals surface area (Å²) in [5, 5.41) is 18.0. The molecule has 2 N–H and O–H groups in total. The normalized spacial score (nSPS) is 13.5. The van der Waals surface area contributed by atoms with Gasteiger partial charge in [-0.25, -0.2) is 0 Å². The maximum atomic E-state index is 10.4. The first kappa shape index (κ1) is 13.6. The second kappa shape index (κ2) is 5.23. The van der Waals surface area contributed by atoms with E-state index in [2.05, 4.69) is 0 Å². The molecule has 16 heavy (non-hydrogen) atoms. The van der Waals surface area contributed by atoms with Crippen molar-refractivity contribution in [3.05, 3.63) is 35.4 Å². The van der Waals surface area contributed by atoms with Crippen LogP contribution in [0.15, 0.2) is 24.3 Å². The molecule has 0 aromatic heterocycles. The second-order valence-corrected chi connectivity index (χ2v) is 5.51. The average Bonchev–Trinajstić information content (AvgIpc) is 2.15. The van der Waals surface area contributed by atoms with E-state index in [9.17, 15) is 9.90 Å². The molecule has 0 bridgehead atoms. The molecule has 0 aliphatic heterocycles. The number of rotatable bonds is 3. The number of carbonyl (C=O) groups is 1. The third-order valence-electron chi connectivity index (χ3n) is 1.99. The Morgan fingerprint density at radius 2 is 1.75 bits per heavy atom. The summed E-state index contributed by atoms with van der Waals surface area (Å²) in [6.45, 7) is 0. The topological polar surface area (TPSA) is 57.5 Å². The van der Waals surface area contributed by atoms with E-state index in [1.165, 1.54) is 24.3 Å². The highest BCUT2D eigenvalue weighted by Crippen LogP contribution is 2.38. The first-order valence-electron chi connectivity index (χ1n) is 4.37. The van der Waals surface area contributed by atoms with Crippen molar-refractivity contribution in [2.75, 3.05) is 0 Å². The lowest BCUT2D eigenvalue weighted by molar-refractivity contribution is -0.139. The fourth-order valence-electron chi connectivity index (χ4n) is 1.18. The van der Waals surface area contributed by atoms with Gasteiger partial charge >= 0.3 is 5.97 Å². The maximum absolute atomic E-state index is 10.4. The number of carboxylic acids is 1. The third kappa shape index (κ3) is 3.83. The molecule has 0 amide bonds. The van der Waals surface area contributed by atoms with E-state index in [0.717, 1.165) is 0 Å². The lowest BCUT2D eigenvalue weighted by Gasteiger charge is -2.13. The Bertz CT molecular complexity index is 370. The molecule has 0 heterocycles. The lowest BCUT2D eigenvalue weighted by Crippen LogP contribution is -2.06. The number of alkyl halides is 3. The zero-order valence-electron chi connectivity index (χ0n) is 8.03. The van der Waals surface area contributed by atoms with E-state index in [0.29, 0.717) is 11.1 Å². The number of aliphatic hydroxyl groups is 1. The molecular weight excluding hydrogens is 274 g/mol. The fourth-order valence-corrected chi connectivity index (χ4v) is 1.56. The van der Waals surface area contributed by atoms with Crippen molar-refractivity contribution in [1.82, 2.24) is 0 Å². The molecule has 88 valence electrons. The van der Waals surface area contributed by atoms with Crippen molar-refractivity contribution in [3.63, 3.8) is 0 Å². The van der Waals surface area contributed by atoms with Crippen LogP contribution < -0.4 is 0 Å². The van der Waals surface area contributed by atoms with Gasteiger partial charge in [-0.05, 0) is 5.56 Å². The van der Waals surface area contributed by atoms with Gasteiger partial charge in [-0.3, -0.25) is 4.79 Å². The third-order valence-corrected chi connectivity index (χ3v) is 2.65. The summed E-state index contributed by atoms with van der Waals surface area (Å²) in [6, 6.07) is 6.14. The van der Waals surface area contributed by atoms with Crippen LogP contribution in [0.5, 0.6) is 0 Å². The maximum Gasteiger partial charge on any atom is 0.306 e. The van der Waals surface area contributed by atoms with Gasteiger partial charge in [-0.2, -0.15) is 0 Å². The molecule has 1 unspecified atom stereocenters. The number of aliphatic hydroxyl groups excluding tert-OH is 1. The van der Waals surface area contributed by atoms with Crippen molar-refractivity contribution < 1.29 is 15.0 Å². The monoisotopic (exact) mass is 282 g/mol. The highest BCUT2D eigenvalue weighted by molar-refractivity contribution is 6.66. The molecule has 1 rings (SSSR count). The van der Waals surface area contributed by atoms with E-state index >= 15 is 0 Å². The predicted molar refractivity (Wildman–Crippen MR) is 62.9 cm³/mol. The minimum absolute atomic E-state index is 0.354. The SMILES string of the molecule is O=C(O)CC(O)c1ccc(C(Cl)(Cl)Cl)cc1. The molecule has 0 radical (unpaired) electrons. The Morgan fingerprint density at radius 3 is 2.12 bits per heavy atom. The number of hydrogen-bond donors (Lipinski definition) is 2. The van der Waals surface area contributed by atoms with Gasteiger partial charge in [-0.1, -0.05) is 59.1 Å². The standard InChI is InChI=1S/C10H9Cl3O3/c11-10(12,13)7-3-1-6(2-4-7)8(14)5-9(15)16/h1-4,8,14H,5H2,(H,15,16). The van der Waals surface area contributed by atoms with Gasteiger partial charge in [-0.15, -0.1) is 0 Å². The van der Waals surface area contributed by atoms with E-state index in [-0.39, 0.29) is 6.42 Å². The Hall–Kier alpha value is -0.480. The molecule has 1 aromatic carbocycles. The Kier molecular flexibility index (Phi) is 4.44. The van der Waals surface area contributed by atoms with Crippen molar-refractivity contribution in [2.45, 2.75) is 16.3 Å². The Labute approximate surface area is 108 Å². The number of benzene rings is 1. The largest absolute Gasteiger partial charge is 0.481 e. The minimum atomic E-state index is -1.52. The fraction of sp³-hybridized carbons (Fsp3) is 0.300. The van der Waals surface area contributed by atoms with Gasteiger partial charge in [0.25, 0.3) is 0 Å². The highest BCUT2D eigenvalue weighted by Gasteiger charge is 2.22. The molecule has 0 saturated heterocycles. The van der Waals surface area contributed by atoms with Crippen LogP contribution in [-0.2, 0) is 8.59 Å². The number of aliphatic carboxylic acids is 1. The van der Waals surface area contributed by atoms with E-state index in [4.69, 9.17) is 39.9 Å². The van der Waals surface area contributed by atoms with Crippen molar-refractivity contribution in [1.29, 1.82) is 0 Å². The molecule has 0 aliphatic carbocycles. The zero-order chi connectivity index (χ0) is 12.3. The van der Waals surface area contributed by atoms with Crippen LogP contribution in [0.1, 0.15) is 23.7 Å². The predicted octanol–water partition coefficient (Wildman–Crippen LogP) is 3.02. The zero-order valence-corrected chi connectivity index (χ0v) is 10.3. The van der Waals surface area contributed by atoms with Gasteiger partial charge in [0.15, 0.2) is 0 Å². The highest BCUT2D eigenvalue weighted by atomic mass is 35.6. The summed E-state index contributed by atoms with van der Waals surface area (Å²) in [5.41, 5.74) is 0.934. The first-order valence-corrected chi connectivity index (χ1v) is 5.51. The summed E-state index contributed by atoms with van der Waals surface area (Å²) in [5.74, 6) is -1.07. The van der Waals surface area contributed by atoms with Crippen LogP contribution in [0.3, 0.4) is 0 Å². The van der Waals surface area contributed by atoms with Crippen LogP contribution >= 0.6 is 34.8 Å². The summed E-state index contributed by atoms with van der Waals surface area (Å²) < 4.78 is -1.52. The summed E-state index contributed by atoms with van der Waals surface area (Å²) in [7, 11) is 0. The quantitative estimate of drug-likeness (QED) is 0.838. The molecule has 0 aliphatic rings. The van der Waals surface area contributed by atoms with Gasteiger partial charge < -0.3 is 10.2 Å². The second-order valence-electron chi connectivity index (χ2n) is 3.23. The smallest absolute Gasteiger partial charge is 0.306 e. The molecule has 3 nitrogen and oxygen atoms in total. The molecule has 0 fully saturated rings. The average molecular weight is 284 g/mol.